The SMILES string of the molecule is COC(=O)c1ccc(-n2cccc2[C@@H]2[C@H](c3ccccn3)NC(=S)N2c2cccc(OC)c2)cc1. The average Bonchev–Trinajstić information content (AvgIpc) is 3.53. The van der Waals surface area contributed by atoms with Crippen molar-refractivity contribution in [1.82, 2.24) is 14.9 Å². The van der Waals surface area contributed by atoms with Gasteiger partial charge >= 0.3 is 5.97 Å². The van der Waals surface area contributed by atoms with Gasteiger partial charge in [-0.1, -0.05) is 12.1 Å². The molecule has 0 bridgehead atoms. The predicted octanol–water partition coefficient (Wildman–Crippen LogP) is 4.84. The zero-order chi connectivity index (χ0) is 24.4. The molecule has 7 nitrogen and oxygen atoms in total. The van der Waals surface area contributed by atoms with Crippen LogP contribution in [-0.4, -0.2) is 34.9 Å². The first-order valence-electron chi connectivity index (χ1n) is 11.1. The van der Waals surface area contributed by atoms with Crippen LogP contribution in [0.1, 0.15) is 33.8 Å². The van der Waals surface area contributed by atoms with Crippen molar-refractivity contribution in [2.45, 2.75) is 12.1 Å². The van der Waals surface area contributed by atoms with Gasteiger partial charge < -0.3 is 24.3 Å². The summed E-state index contributed by atoms with van der Waals surface area (Å²) in [6.07, 6.45) is 3.79. The van der Waals surface area contributed by atoms with Crippen LogP contribution in [0.4, 0.5) is 5.69 Å². The second kappa shape index (κ2) is 9.60. The number of nitrogens with one attached hydrogen (secondary N) is 1. The first-order chi connectivity index (χ1) is 17.1. The van der Waals surface area contributed by atoms with E-state index >= 15 is 0 Å². The van der Waals surface area contributed by atoms with E-state index in [0.717, 1.165) is 28.5 Å². The highest BCUT2D eigenvalue weighted by atomic mass is 32.1. The van der Waals surface area contributed by atoms with Gasteiger partial charge in [-0.2, -0.15) is 0 Å². The molecular formula is C27H24N4O3S. The minimum atomic E-state index is -0.367. The van der Waals surface area contributed by atoms with E-state index in [1.54, 1.807) is 25.4 Å². The van der Waals surface area contributed by atoms with Gasteiger partial charge in [0.15, 0.2) is 5.11 Å². The minimum absolute atomic E-state index is 0.183. The van der Waals surface area contributed by atoms with E-state index in [9.17, 15) is 4.79 Å². The Balaban J connectivity index is 1.62. The minimum Gasteiger partial charge on any atom is -0.497 e. The lowest BCUT2D eigenvalue weighted by Gasteiger charge is -2.29. The molecule has 0 radical (unpaired) electrons. The van der Waals surface area contributed by atoms with Crippen LogP contribution in [0, 0.1) is 0 Å². The van der Waals surface area contributed by atoms with Crippen LogP contribution in [0.15, 0.2) is 91.3 Å². The Morgan fingerprint density at radius 3 is 2.51 bits per heavy atom. The van der Waals surface area contributed by atoms with E-state index < -0.39 is 0 Å². The van der Waals surface area contributed by atoms with Crippen molar-refractivity contribution in [3.05, 3.63) is 108 Å². The van der Waals surface area contributed by atoms with Gasteiger partial charge in [0.05, 0.1) is 31.5 Å². The number of rotatable bonds is 6. The molecule has 0 amide bonds. The molecule has 0 saturated carbocycles. The van der Waals surface area contributed by atoms with Crippen molar-refractivity contribution in [2.75, 3.05) is 19.1 Å². The summed E-state index contributed by atoms with van der Waals surface area (Å²) in [7, 11) is 3.03. The highest BCUT2D eigenvalue weighted by Crippen LogP contribution is 2.42. The van der Waals surface area contributed by atoms with E-state index in [4.69, 9.17) is 21.7 Å². The Bertz CT molecular complexity index is 1350. The third-order valence-electron chi connectivity index (χ3n) is 6.08. The van der Waals surface area contributed by atoms with Crippen LogP contribution < -0.4 is 15.0 Å². The van der Waals surface area contributed by atoms with Gasteiger partial charge in [0.25, 0.3) is 0 Å². The second-order valence-corrected chi connectivity index (χ2v) is 8.43. The van der Waals surface area contributed by atoms with Crippen LogP contribution in [0.2, 0.25) is 0 Å². The van der Waals surface area contributed by atoms with Gasteiger partial charge in [-0.15, -0.1) is 0 Å². The van der Waals surface area contributed by atoms with Crippen LogP contribution in [0.5, 0.6) is 5.75 Å². The van der Waals surface area contributed by atoms with Crippen LogP contribution >= 0.6 is 12.2 Å². The van der Waals surface area contributed by atoms with E-state index in [1.165, 1.54) is 7.11 Å². The fraction of sp³-hybridized carbons (Fsp3) is 0.148. The predicted molar refractivity (Wildman–Crippen MR) is 138 cm³/mol. The molecule has 1 aliphatic heterocycles. The molecule has 0 spiro atoms. The third kappa shape index (κ3) is 4.24. The number of pyridine rings is 1. The number of carbonyl (C=O) groups is 1. The van der Waals surface area contributed by atoms with Gasteiger partial charge in [-0.05, 0) is 72.9 Å². The molecule has 5 rings (SSSR count). The number of esters is 1. The molecule has 2 aromatic heterocycles. The first-order valence-corrected chi connectivity index (χ1v) is 11.5. The van der Waals surface area contributed by atoms with Crippen molar-refractivity contribution in [3.8, 4) is 11.4 Å². The molecule has 35 heavy (non-hydrogen) atoms. The number of hydrogen-bond acceptors (Lipinski definition) is 5. The maximum absolute atomic E-state index is 11.9. The zero-order valence-electron chi connectivity index (χ0n) is 19.3. The molecule has 2 aromatic carbocycles. The average molecular weight is 485 g/mol. The summed E-state index contributed by atoms with van der Waals surface area (Å²) in [4.78, 5) is 18.6. The topological polar surface area (TPSA) is 68.6 Å². The third-order valence-corrected chi connectivity index (χ3v) is 6.39. The van der Waals surface area contributed by atoms with E-state index in [0.29, 0.717) is 10.7 Å². The number of aromatic nitrogens is 2. The number of nitrogens with zero attached hydrogens (tertiary/aromatic N) is 3. The van der Waals surface area contributed by atoms with E-state index in [1.807, 2.05) is 66.9 Å². The molecular weight excluding hydrogens is 460 g/mol. The van der Waals surface area contributed by atoms with Gasteiger partial charge in [0.1, 0.15) is 11.8 Å². The molecule has 0 unspecified atom stereocenters. The molecule has 1 saturated heterocycles. The molecule has 176 valence electrons. The van der Waals surface area contributed by atoms with Crippen molar-refractivity contribution >= 4 is 29.0 Å². The fourth-order valence-corrected chi connectivity index (χ4v) is 4.79. The monoisotopic (exact) mass is 484 g/mol. The highest BCUT2D eigenvalue weighted by Gasteiger charge is 2.42. The molecule has 3 heterocycles. The van der Waals surface area contributed by atoms with Crippen molar-refractivity contribution < 1.29 is 14.3 Å². The molecule has 4 aromatic rings. The van der Waals surface area contributed by atoms with Gasteiger partial charge in [0.2, 0.25) is 0 Å². The number of ether oxygens (including phenoxy) is 2. The fourth-order valence-electron chi connectivity index (χ4n) is 4.44. The van der Waals surface area contributed by atoms with Crippen LogP contribution in [0.3, 0.4) is 0 Å². The van der Waals surface area contributed by atoms with Gasteiger partial charge in [-0.25, -0.2) is 4.79 Å². The van der Waals surface area contributed by atoms with Crippen molar-refractivity contribution in [2.24, 2.45) is 0 Å². The summed E-state index contributed by atoms with van der Waals surface area (Å²) >= 11 is 5.83. The zero-order valence-corrected chi connectivity index (χ0v) is 20.1. The maximum Gasteiger partial charge on any atom is 0.337 e. The largest absolute Gasteiger partial charge is 0.497 e. The lowest BCUT2D eigenvalue weighted by Crippen LogP contribution is -2.30. The molecule has 1 fully saturated rings. The normalized spacial score (nSPS) is 17.2. The second-order valence-electron chi connectivity index (χ2n) is 8.04. The quantitative estimate of drug-likeness (QED) is 0.310. The Morgan fingerprint density at radius 2 is 1.80 bits per heavy atom. The number of benzene rings is 2. The summed E-state index contributed by atoms with van der Waals surface area (Å²) in [5.41, 5.74) is 4.23. The number of hydrogen-bond donors (Lipinski definition) is 1. The van der Waals surface area contributed by atoms with Crippen molar-refractivity contribution in [1.29, 1.82) is 0 Å². The Kier molecular flexibility index (Phi) is 6.20. The standard InChI is InChI=1S/C27H24N4O3S/c1-33-21-8-5-7-20(17-21)31-25(24(29-27(31)35)22-9-3-4-15-28-22)23-10-6-16-30(23)19-13-11-18(12-14-19)26(32)34-2/h3-17,24-25H,1-2H3,(H,29,35)/t24-,25+/m0/s1. The number of methoxy groups -OCH3 is 2. The Hall–Kier alpha value is -4.17. The van der Waals surface area contributed by atoms with Gasteiger partial charge in [0, 0.05) is 35.5 Å². The van der Waals surface area contributed by atoms with Crippen molar-refractivity contribution in [3.63, 3.8) is 0 Å². The first kappa shape index (κ1) is 22.6. The maximum atomic E-state index is 11.9. The molecule has 2 atom stereocenters. The highest BCUT2D eigenvalue weighted by molar-refractivity contribution is 7.80. The van der Waals surface area contributed by atoms with Gasteiger partial charge in [-0.3, -0.25) is 4.98 Å². The smallest absolute Gasteiger partial charge is 0.337 e. The molecule has 1 aliphatic rings. The summed E-state index contributed by atoms with van der Waals surface area (Å²) < 4.78 is 12.4. The number of thiocarbonyl (C=S) groups is 1. The molecule has 1 N–H and O–H groups in total. The summed E-state index contributed by atoms with van der Waals surface area (Å²) in [6, 6.07) is 24.8. The Labute approximate surface area is 208 Å². The lowest BCUT2D eigenvalue weighted by atomic mass is 10.0. The number of carbonyl (C=O) groups excluding carboxylic acids is 1. The van der Waals surface area contributed by atoms with E-state index in [2.05, 4.69) is 25.8 Å². The summed E-state index contributed by atoms with van der Waals surface area (Å²) in [5, 5.41) is 4.09. The summed E-state index contributed by atoms with van der Waals surface area (Å²) in [6.45, 7) is 0. The van der Waals surface area contributed by atoms with E-state index in [-0.39, 0.29) is 18.1 Å². The molecule has 8 heteroatoms. The van der Waals surface area contributed by atoms with Crippen LogP contribution in [-0.2, 0) is 4.74 Å². The summed E-state index contributed by atoms with van der Waals surface area (Å²) in [5.74, 6) is 0.383. The number of anilines is 1. The molecule has 0 aliphatic carbocycles. The lowest BCUT2D eigenvalue weighted by molar-refractivity contribution is 0.0600. The Morgan fingerprint density at radius 1 is 0.971 bits per heavy atom. The van der Waals surface area contributed by atoms with Crippen LogP contribution in [0.25, 0.3) is 5.69 Å².